The smallest absolute Gasteiger partial charge is 0.257 e. The number of methoxy groups -OCH3 is 1. The van der Waals surface area contributed by atoms with Gasteiger partial charge in [0.2, 0.25) is 0 Å². The molecule has 178 valence electrons. The second-order valence-electron chi connectivity index (χ2n) is 7.39. The molecule has 1 fully saturated rings. The molecule has 0 aliphatic carbocycles. The van der Waals surface area contributed by atoms with Crippen molar-refractivity contribution in [3.63, 3.8) is 0 Å². The predicted octanol–water partition coefficient (Wildman–Crippen LogP) is 4.56. The lowest BCUT2D eigenvalue weighted by atomic mass is 10.0. The number of rotatable bonds is 5. The Hall–Kier alpha value is -3.91. The second-order valence-corrected chi connectivity index (χ2v) is 7.39. The molecule has 3 heterocycles. The van der Waals surface area contributed by atoms with E-state index in [1.807, 2.05) is 32.1 Å². The third-order valence-corrected chi connectivity index (χ3v) is 5.57. The van der Waals surface area contributed by atoms with Crippen LogP contribution in [0, 0.1) is 0 Å². The largest absolute Gasteiger partial charge is 0.507 e. The summed E-state index contributed by atoms with van der Waals surface area (Å²) in [5, 5.41) is 18.6. The lowest BCUT2D eigenvalue weighted by Crippen LogP contribution is -2.40. The molecule has 0 atom stereocenters. The zero-order valence-electron chi connectivity index (χ0n) is 19.8. The van der Waals surface area contributed by atoms with Gasteiger partial charge in [-0.1, -0.05) is 12.1 Å². The fourth-order valence-corrected chi connectivity index (χ4v) is 3.88. The van der Waals surface area contributed by atoms with E-state index in [0.29, 0.717) is 32.0 Å². The average molecular weight is 463 g/mol. The first-order chi connectivity index (χ1) is 16.6. The van der Waals surface area contributed by atoms with Crippen molar-refractivity contribution < 1.29 is 19.4 Å². The molecule has 1 aliphatic rings. The highest BCUT2D eigenvalue weighted by Crippen LogP contribution is 2.32. The zero-order valence-corrected chi connectivity index (χ0v) is 19.8. The first-order valence-corrected chi connectivity index (χ1v) is 11.0. The Morgan fingerprint density at radius 3 is 2.56 bits per heavy atom. The number of aromatic nitrogens is 3. The van der Waals surface area contributed by atoms with E-state index in [-0.39, 0.29) is 17.2 Å². The van der Waals surface area contributed by atoms with Crippen molar-refractivity contribution in [3.05, 3.63) is 72.8 Å². The highest BCUT2D eigenvalue weighted by atomic mass is 16.5. The second kappa shape index (κ2) is 11.3. The van der Waals surface area contributed by atoms with Crippen LogP contribution < -0.4 is 0 Å². The molecule has 3 aromatic rings. The molecule has 1 aromatic carbocycles. The summed E-state index contributed by atoms with van der Waals surface area (Å²) in [6.07, 6.45) is 5.56. The maximum atomic E-state index is 13.0. The fraction of sp³-hybridized carbons (Fsp3) is 0.269. The molecule has 4 rings (SSSR count). The average Bonchev–Trinajstić information content (AvgIpc) is 3.31. The standard InChI is InChI=1S/C24H26N4O4.C2H4/c1-4-17(21(5-2)31-3)22-19-13-16(14-25-23(19)27-26-22)15-6-7-20(29)18(12-15)24(30)28-8-10-32-11-9-28;1-2/h4-7,12-14,29H,8-11H2,1-3H3,(H,25,26,27);1-2H2/b17-4+,21-5+;. The molecule has 0 radical (unpaired) electrons. The molecule has 2 aromatic heterocycles. The normalized spacial score (nSPS) is 14.5. The molecule has 0 spiro atoms. The highest BCUT2D eigenvalue weighted by Gasteiger charge is 2.22. The van der Waals surface area contributed by atoms with Crippen LogP contribution in [0.4, 0.5) is 0 Å². The molecule has 0 bridgehead atoms. The van der Waals surface area contributed by atoms with Crippen LogP contribution in [0.1, 0.15) is 29.9 Å². The fourth-order valence-electron chi connectivity index (χ4n) is 3.88. The number of nitrogens with one attached hydrogen (secondary N) is 1. The number of amides is 1. The van der Waals surface area contributed by atoms with Crippen molar-refractivity contribution in [1.82, 2.24) is 20.1 Å². The molecule has 0 unspecified atom stereocenters. The Labute approximate surface area is 199 Å². The Kier molecular flexibility index (Phi) is 8.21. The van der Waals surface area contributed by atoms with Gasteiger partial charge in [0.05, 0.1) is 31.6 Å². The van der Waals surface area contributed by atoms with Crippen molar-refractivity contribution in [2.24, 2.45) is 0 Å². The van der Waals surface area contributed by atoms with Crippen molar-refractivity contribution in [2.75, 3.05) is 33.4 Å². The molecule has 1 amide bonds. The van der Waals surface area contributed by atoms with Crippen molar-refractivity contribution in [2.45, 2.75) is 13.8 Å². The van der Waals surface area contributed by atoms with Crippen LogP contribution in [0.3, 0.4) is 0 Å². The monoisotopic (exact) mass is 462 g/mol. The highest BCUT2D eigenvalue weighted by molar-refractivity contribution is 5.99. The van der Waals surface area contributed by atoms with E-state index in [4.69, 9.17) is 9.47 Å². The molecule has 2 N–H and O–H groups in total. The molecule has 8 nitrogen and oxygen atoms in total. The predicted molar refractivity (Wildman–Crippen MR) is 133 cm³/mol. The minimum absolute atomic E-state index is 0.0442. The molecule has 34 heavy (non-hydrogen) atoms. The topological polar surface area (TPSA) is 101 Å². The number of phenolic OH excluding ortho intramolecular Hbond substituents is 1. The van der Waals surface area contributed by atoms with Crippen molar-refractivity contribution >= 4 is 22.5 Å². The molecular weight excluding hydrogens is 432 g/mol. The van der Waals surface area contributed by atoms with E-state index >= 15 is 0 Å². The molecule has 0 saturated carbocycles. The van der Waals surface area contributed by atoms with Gasteiger partial charge in [-0.3, -0.25) is 9.89 Å². The minimum Gasteiger partial charge on any atom is -0.507 e. The number of phenols is 1. The van der Waals surface area contributed by atoms with Gasteiger partial charge < -0.3 is 19.5 Å². The minimum atomic E-state index is -0.209. The lowest BCUT2D eigenvalue weighted by Gasteiger charge is -2.27. The number of fused-ring (bicyclic) bond motifs is 1. The van der Waals surface area contributed by atoms with Crippen LogP contribution >= 0.6 is 0 Å². The summed E-state index contributed by atoms with van der Waals surface area (Å²) in [6.45, 7) is 11.9. The SMILES string of the molecule is C/C=C(\C(=C/C)OC)c1[nH]nc2ncc(-c3ccc(O)c(C(=O)N4CCOCC4)c3)cc12.C=C. The van der Waals surface area contributed by atoms with Gasteiger partial charge in [0.1, 0.15) is 11.5 Å². The Bertz CT molecular complexity index is 1220. The van der Waals surface area contributed by atoms with Crippen LogP contribution in [-0.4, -0.2) is 64.5 Å². The number of benzene rings is 1. The molecule has 8 heteroatoms. The molecule has 1 aliphatic heterocycles. The van der Waals surface area contributed by atoms with Gasteiger partial charge >= 0.3 is 0 Å². The summed E-state index contributed by atoms with van der Waals surface area (Å²) in [4.78, 5) is 19.1. The Balaban J connectivity index is 0.00000158. The maximum absolute atomic E-state index is 13.0. The number of hydrogen-bond acceptors (Lipinski definition) is 6. The van der Waals surface area contributed by atoms with Crippen LogP contribution in [-0.2, 0) is 9.47 Å². The number of allylic oxidation sites excluding steroid dienone is 3. The van der Waals surface area contributed by atoms with Gasteiger partial charge in [0.15, 0.2) is 5.65 Å². The van der Waals surface area contributed by atoms with E-state index in [9.17, 15) is 9.90 Å². The Morgan fingerprint density at radius 1 is 1.18 bits per heavy atom. The van der Waals surface area contributed by atoms with Crippen LogP contribution in [0.25, 0.3) is 27.7 Å². The maximum Gasteiger partial charge on any atom is 0.257 e. The van der Waals surface area contributed by atoms with Gasteiger partial charge in [0, 0.05) is 35.8 Å². The van der Waals surface area contributed by atoms with Gasteiger partial charge in [-0.15, -0.1) is 13.2 Å². The summed E-state index contributed by atoms with van der Waals surface area (Å²) in [5.74, 6) is 0.475. The third-order valence-electron chi connectivity index (χ3n) is 5.57. The van der Waals surface area contributed by atoms with Crippen LogP contribution in [0.5, 0.6) is 5.75 Å². The van der Waals surface area contributed by atoms with Crippen LogP contribution in [0.15, 0.2) is 61.5 Å². The van der Waals surface area contributed by atoms with E-state index in [1.54, 1.807) is 36.4 Å². The van der Waals surface area contributed by atoms with Gasteiger partial charge in [-0.2, -0.15) is 5.10 Å². The molecule has 1 saturated heterocycles. The number of aromatic amines is 1. The number of pyridine rings is 1. The van der Waals surface area contributed by atoms with Crippen molar-refractivity contribution in [1.29, 1.82) is 0 Å². The van der Waals surface area contributed by atoms with E-state index in [2.05, 4.69) is 28.3 Å². The summed E-state index contributed by atoms with van der Waals surface area (Å²) in [6, 6.07) is 7.00. The third kappa shape index (κ3) is 4.87. The van der Waals surface area contributed by atoms with Crippen molar-refractivity contribution in [3.8, 4) is 16.9 Å². The number of H-pyrrole nitrogens is 1. The summed E-state index contributed by atoms with van der Waals surface area (Å²) < 4.78 is 10.8. The van der Waals surface area contributed by atoms with Gasteiger partial charge in [-0.05, 0) is 43.7 Å². The number of nitrogens with zero attached hydrogens (tertiary/aromatic N) is 3. The van der Waals surface area contributed by atoms with E-state index in [0.717, 1.165) is 33.5 Å². The zero-order chi connectivity index (χ0) is 24.7. The Morgan fingerprint density at radius 2 is 1.91 bits per heavy atom. The summed E-state index contributed by atoms with van der Waals surface area (Å²) in [7, 11) is 1.63. The number of aromatic hydroxyl groups is 1. The number of hydrogen-bond donors (Lipinski definition) is 2. The van der Waals surface area contributed by atoms with E-state index < -0.39 is 0 Å². The lowest BCUT2D eigenvalue weighted by molar-refractivity contribution is 0.0301. The van der Waals surface area contributed by atoms with Gasteiger partial charge in [-0.25, -0.2) is 4.98 Å². The first-order valence-electron chi connectivity index (χ1n) is 11.0. The summed E-state index contributed by atoms with van der Waals surface area (Å²) in [5.41, 5.74) is 4.12. The summed E-state index contributed by atoms with van der Waals surface area (Å²) >= 11 is 0. The number of ether oxygens (including phenoxy) is 2. The van der Waals surface area contributed by atoms with E-state index in [1.165, 1.54) is 0 Å². The first kappa shape index (κ1) is 24.7. The van der Waals surface area contributed by atoms with Crippen LogP contribution in [0.2, 0.25) is 0 Å². The molecular formula is C26H30N4O4. The van der Waals surface area contributed by atoms with Gasteiger partial charge in [0.25, 0.3) is 5.91 Å². The number of morpholine rings is 1. The quantitative estimate of drug-likeness (QED) is 0.328. The number of carbonyl (C=O) groups excluding carboxylic acids is 1. The number of carbonyl (C=O) groups is 1.